The zero-order chi connectivity index (χ0) is 17.2. The number of thioether (sulfide) groups is 1. The van der Waals surface area contributed by atoms with Gasteiger partial charge in [0, 0.05) is 16.0 Å². The number of aromatic amines is 1. The minimum Gasteiger partial charge on any atom is -0.309 e. The monoisotopic (exact) mass is 385 g/mol. The summed E-state index contributed by atoms with van der Waals surface area (Å²) in [5.41, 5.74) is 2.53. The van der Waals surface area contributed by atoms with Gasteiger partial charge in [-0.2, -0.15) is 0 Å². The van der Waals surface area contributed by atoms with Crippen molar-refractivity contribution in [1.29, 1.82) is 0 Å². The Bertz CT molecular complexity index is 1090. The molecule has 4 nitrogen and oxygen atoms in total. The lowest BCUT2D eigenvalue weighted by atomic mass is 10.2. The van der Waals surface area contributed by atoms with E-state index < -0.39 is 0 Å². The molecule has 0 saturated carbocycles. The molecule has 4 aromatic rings. The second-order valence-corrected chi connectivity index (χ2v) is 7.84. The Morgan fingerprint density at radius 1 is 1.12 bits per heavy atom. The highest BCUT2D eigenvalue weighted by molar-refractivity contribution is 8.00. The predicted molar refractivity (Wildman–Crippen MR) is 104 cm³/mol. The number of nitrogens with zero attached hydrogens (tertiary/aromatic N) is 2. The summed E-state index contributed by atoms with van der Waals surface area (Å²) in [6, 6.07) is 15.2. The van der Waals surface area contributed by atoms with Crippen LogP contribution in [0.25, 0.3) is 22.2 Å². The molecule has 0 amide bonds. The first-order valence-electron chi connectivity index (χ1n) is 7.51. The van der Waals surface area contributed by atoms with Crippen LogP contribution in [-0.2, 0) is 5.75 Å². The average Bonchev–Trinajstić information content (AvgIpc) is 3.10. The molecule has 4 rings (SSSR count). The standard InChI is InChI=1S/C18H12ClN3OS2/c19-12-6-7-14-13(8-12)17(23)22-16(20-14)10-25-18-21-15(9-24-18)11-4-2-1-3-5-11/h1-9H,10H2,(H,20,22,23). The number of fused-ring (bicyclic) bond motifs is 1. The number of halogens is 1. The first-order valence-corrected chi connectivity index (χ1v) is 9.75. The zero-order valence-electron chi connectivity index (χ0n) is 12.9. The molecule has 0 saturated heterocycles. The highest BCUT2D eigenvalue weighted by Gasteiger charge is 2.08. The molecule has 0 radical (unpaired) electrons. The number of thiazole rings is 1. The molecule has 0 aliphatic carbocycles. The lowest BCUT2D eigenvalue weighted by Crippen LogP contribution is -2.11. The van der Waals surface area contributed by atoms with E-state index in [1.807, 2.05) is 35.7 Å². The summed E-state index contributed by atoms with van der Waals surface area (Å²) in [6.07, 6.45) is 0. The molecule has 124 valence electrons. The van der Waals surface area contributed by atoms with Gasteiger partial charge in [-0.3, -0.25) is 4.79 Å². The van der Waals surface area contributed by atoms with Gasteiger partial charge < -0.3 is 4.98 Å². The first kappa shape index (κ1) is 16.3. The molecule has 25 heavy (non-hydrogen) atoms. The third-order valence-corrected chi connectivity index (χ3v) is 5.87. The van der Waals surface area contributed by atoms with E-state index in [1.54, 1.807) is 41.3 Å². The van der Waals surface area contributed by atoms with Gasteiger partial charge >= 0.3 is 0 Å². The Labute approximate surface area is 156 Å². The maximum Gasteiger partial charge on any atom is 0.258 e. The average molecular weight is 386 g/mol. The fraction of sp³-hybridized carbons (Fsp3) is 0.0556. The minimum absolute atomic E-state index is 0.174. The van der Waals surface area contributed by atoms with E-state index in [1.165, 1.54) is 0 Å². The molecular weight excluding hydrogens is 374 g/mol. The van der Waals surface area contributed by atoms with Gasteiger partial charge in [0.05, 0.1) is 22.3 Å². The number of nitrogens with one attached hydrogen (secondary N) is 1. The Hall–Kier alpha value is -2.15. The number of hydrogen-bond donors (Lipinski definition) is 1. The van der Waals surface area contributed by atoms with Gasteiger partial charge in [0.15, 0.2) is 4.34 Å². The molecule has 7 heteroatoms. The largest absolute Gasteiger partial charge is 0.309 e. The second kappa shape index (κ2) is 7.00. The number of hydrogen-bond acceptors (Lipinski definition) is 5. The van der Waals surface area contributed by atoms with Crippen molar-refractivity contribution in [1.82, 2.24) is 15.0 Å². The molecule has 0 atom stereocenters. The van der Waals surface area contributed by atoms with Crippen LogP contribution in [0.4, 0.5) is 0 Å². The van der Waals surface area contributed by atoms with Gasteiger partial charge in [-0.05, 0) is 18.2 Å². The van der Waals surface area contributed by atoms with Crippen LogP contribution in [-0.4, -0.2) is 15.0 Å². The lowest BCUT2D eigenvalue weighted by Gasteiger charge is -2.02. The van der Waals surface area contributed by atoms with Crippen molar-refractivity contribution in [3.05, 3.63) is 75.1 Å². The molecule has 2 heterocycles. The number of benzene rings is 2. The van der Waals surface area contributed by atoms with Gasteiger partial charge in [0.1, 0.15) is 5.82 Å². The van der Waals surface area contributed by atoms with Crippen molar-refractivity contribution in [2.75, 3.05) is 0 Å². The summed E-state index contributed by atoms with van der Waals surface area (Å²) in [5, 5.41) is 3.07. The molecule has 0 fully saturated rings. The molecule has 1 N–H and O–H groups in total. The topological polar surface area (TPSA) is 58.6 Å². The van der Waals surface area contributed by atoms with Crippen LogP contribution in [0.15, 0.2) is 63.0 Å². The van der Waals surface area contributed by atoms with Crippen LogP contribution in [0, 0.1) is 0 Å². The van der Waals surface area contributed by atoms with Crippen LogP contribution in [0.3, 0.4) is 0 Å². The lowest BCUT2D eigenvalue weighted by molar-refractivity contribution is 1.04. The Morgan fingerprint density at radius 2 is 1.96 bits per heavy atom. The van der Waals surface area contributed by atoms with E-state index in [-0.39, 0.29) is 5.56 Å². The van der Waals surface area contributed by atoms with Crippen molar-refractivity contribution in [2.24, 2.45) is 0 Å². The van der Waals surface area contributed by atoms with Crippen LogP contribution >= 0.6 is 34.7 Å². The van der Waals surface area contributed by atoms with E-state index >= 15 is 0 Å². The maximum absolute atomic E-state index is 12.2. The van der Waals surface area contributed by atoms with Crippen LogP contribution < -0.4 is 5.56 Å². The molecule has 0 bridgehead atoms. The molecule has 0 aliphatic heterocycles. The second-order valence-electron chi connectivity index (χ2n) is 5.33. The Balaban J connectivity index is 1.54. The maximum atomic E-state index is 12.2. The molecule has 0 aliphatic rings. The summed E-state index contributed by atoms with van der Waals surface area (Å²) in [4.78, 5) is 24.1. The van der Waals surface area contributed by atoms with Crippen molar-refractivity contribution in [3.8, 4) is 11.3 Å². The quantitative estimate of drug-likeness (QED) is 0.502. The van der Waals surface area contributed by atoms with E-state index in [2.05, 4.69) is 15.0 Å². The third kappa shape index (κ3) is 3.61. The minimum atomic E-state index is -0.174. The van der Waals surface area contributed by atoms with Gasteiger partial charge in [-0.25, -0.2) is 9.97 Å². The van der Waals surface area contributed by atoms with Gasteiger partial charge in [-0.15, -0.1) is 11.3 Å². The summed E-state index contributed by atoms with van der Waals surface area (Å²) >= 11 is 9.08. The van der Waals surface area contributed by atoms with Crippen LogP contribution in [0.5, 0.6) is 0 Å². The predicted octanol–water partition coefficient (Wildman–Crippen LogP) is 4.99. The summed E-state index contributed by atoms with van der Waals surface area (Å²) in [6.45, 7) is 0. The van der Waals surface area contributed by atoms with E-state index in [9.17, 15) is 4.79 Å². The van der Waals surface area contributed by atoms with Crippen molar-refractivity contribution in [3.63, 3.8) is 0 Å². The van der Waals surface area contributed by atoms with E-state index in [0.717, 1.165) is 15.6 Å². The molecule has 0 spiro atoms. The van der Waals surface area contributed by atoms with Crippen molar-refractivity contribution < 1.29 is 0 Å². The highest BCUT2D eigenvalue weighted by atomic mass is 35.5. The summed E-state index contributed by atoms with van der Waals surface area (Å²) in [5.74, 6) is 1.18. The zero-order valence-corrected chi connectivity index (χ0v) is 15.3. The Kier molecular flexibility index (Phi) is 4.57. The van der Waals surface area contributed by atoms with E-state index in [0.29, 0.717) is 27.5 Å². The smallest absolute Gasteiger partial charge is 0.258 e. The molecule has 0 unspecified atom stereocenters. The molecular formula is C18H12ClN3OS2. The highest BCUT2D eigenvalue weighted by Crippen LogP contribution is 2.29. The number of rotatable bonds is 4. The Morgan fingerprint density at radius 3 is 2.80 bits per heavy atom. The van der Waals surface area contributed by atoms with Gasteiger partial charge in [0.2, 0.25) is 0 Å². The van der Waals surface area contributed by atoms with Crippen LogP contribution in [0.2, 0.25) is 5.02 Å². The van der Waals surface area contributed by atoms with E-state index in [4.69, 9.17) is 11.6 Å². The molecule has 2 aromatic heterocycles. The van der Waals surface area contributed by atoms with Crippen LogP contribution in [0.1, 0.15) is 5.82 Å². The fourth-order valence-electron chi connectivity index (χ4n) is 2.42. The third-order valence-electron chi connectivity index (χ3n) is 3.60. The normalized spacial score (nSPS) is 11.1. The van der Waals surface area contributed by atoms with Crippen molar-refractivity contribution >= 4 is 45.6 Å². The SMILES string of the molecule is O=c1[nH]c(CSc2nc(-c3ccccc3)cs2)nc2ccc(Cl)cc12. The van der Waals surface area contributed by atoms with Gasteiger partial charge in [-0.1, -0.05) is 53.7 Å². The molecule has 2 aromatic carbocycles. The summed E-state index contributed by atoms with van der Waals surface area (Å²) in [7, 11) is 0. The number of aromatic nitrogens is 3. The summed E-state index contributed by atoms with van der Waals surface area (Å²) < 4.78 is 0.942. The van der Waals surface area contributed by atoms with Gasteiger partial charge in [0.25, 0.3) is 5.56 Å². The van der Waals surface area contributed by atoms with Crippen molar-refractivity contribution in [2.45, 2.75) is 10.1 Å². The fourth-order valence-corrected chi connectivity index (χ4v) is 4.30. The number of H-pyrrole nitrogens is 1. The first-order chi connectivity index (χ1) is 12.2.